The number of rotatable bonds is 2. The summed E-state index contributed by atoms with van der Waals surface area (Å²) in [5.41, 5.74) is 0.117. The molecule has 90 valence electrons. The summed E-state index contributed by atoms with van der Waals surface area (Å²) in [4.78, 5) is 22.5. The SMILES string of the molecule is COC(=O)c1cccc(C2NC(=O)C(O)S2)c1. The quantitative estimate of drug-likeness (QED) is 0.757. The fourth-order valence-corrected chi connectivity index (χ4v) is 2.47. The van der Waals surface area contributed by atoms with Crippen LogP contribution in [0.25, 0.3) is 0 Å². The smallest absolute Gasteiger partial charge is 0.337 e. The summed E-state index contributed by atoms with van der Waals surface area (Å²) in [6, 6.07) is 6.76. The van der Waals surface area contributed by atoms with E-state index in [-0.39, 0.29) is 5.37 Å². The number of carbonyl (C=O) groups excluding carboxylic acids is 2. The van der Waals surface area contributed by atoms with Crippen molar-refractivity contribution >= 4 is 23.6 Å². The lowest BCUT2D eigenvalue weighted by Gasteiger charge is -2.10. The number of esters is 1. The van der Waals surface area contributed by atoms with Crippen LogP contribution in [0.2, 0.25) is 0 Å². The molecule has 1 aliphatic heterocycles. The Balaban J connectivity index is 2.22. The van der Waals surface area contributed by atoms with Gasteiger partial charge in [-0.1, -0.05) is 23.9 Å². The first-order chi connectivity index (χ1) is 8.11. The van der Waals surface area contributed by atoms with Gasteiger partial charge in [-0.25, -0.2) is 4.79 Å². The minimum atomic E-state index is -1.05. The molecule has 6 heteroatoms. The summed E-state index contributed by atoms with van der Waals surface area (Å²) in [5, 5.41) is 11.6. The molecule has 0 aromatic heterocycles. The minimum Gasteiger partial charge on any atom is -0.465 e. The third-order valence-corrected chi connectivity index (χ3v) is 3.51. The molecular weight excluding hydrogens is 242 g/mol. The van der Waals surface area contributed by atoms with Crippen LogP contribution in [0.3, 0.4) is 0 Å². The Morgan fingerprint density at radius 3 is 2.88 bits per heavy atom. The number of thioether (sulfide) groups is 1. The van der Waals surface area contributed by atoms with Gasteiger partial charge in [0.15, 0.2) is 5.44 Å². The average molecular weight is 253 g/mol. The zero-order valence-electron chi connectivity index (χ0n) is 9.04. The maximum absolute atomic E-state index is 11.3. The van der Waals surface area contributed by atoms with Gasteiger partial charge in [0.1, 0.15) is 5.37 Å². The summed E-state index contributed by atoms with van der Waals surface area (Å²) < 4.78 is 4.61. The number of nitrogens with one attached hydrogen (secondary N) is 1. The third kappa shape index (κ3) is 2.42. The molecule has 1 heterocycles. The molecule has 2 rings (SSSR count). The highest BCUT2D eigenvalue weighted by molar-refractivity contribution is 8.01. The Morgan fingerprint density at radius 2 is 2.29 bits per heavy atom. The number of ether oxygens (including phenoxy) is 1. The molecule has 0 bridgehead atoms. The van der Waals surface area contributed by atoms with Crippen LogP contribution >= 0.6 is 11.8 Å². The van der Waals surface area contributed by atoms with Crippen LogP contribution in [0.1, 0.15) is 21.3 Å². The first-order valence-electron chi connectivity index (χ1n) is 4.94. The molecule has 0 saturated carbocycles. The molecule has 2 unspecified atom stereocenters. The Kier molecular flexibility index (Phi) is 3.35. The van der Waals surface area contributed by atoms with Crippen molar-refractivity contribution in [1.82, 2.24) is 5.32 Å². The van der Waals surface area contributed by atoms with Crippen LogP contribution in [-0.4, -0.2) is 29.5 Å². The van der Waals surface area contributed by atoms with E-state index in [1.807, 2.05) is 0 Å². The van der Waals surface area contributed by atoms with Crippen LogP contribution in [0.15, 0.2) is 24.3 Å². The van der Waals surface area contributed by atoms with E-state index < -0.39 is 17.3 Å². The van der Waals surface area contributed by atoms with Crippen molar-refractivity contribution in [2.24, 2.45) is 0 Å². The third-order valence-electron chi connectivity index (χ3n) is 2.37. The Labute approximate surface area is 102 Å². The lowest BCUT2D eigenvalue weighted by molar-refractivity contribution is -0.124. The number of hydrogen-bond acceptors (Lipinski definition) is 5. The fourth-order valence-electron chi connectivity index (χ4n) is 1.53. The zero-order valence-corrected chi connectivity index (χ0v) is 9.86. The molecule has 0 radical (unpaired) electrons. The summed E-state index contributed by atoms with van der Waals surface area (Å²) in [6.45, 7) is 0. The molecule has 1 saturated heterocycles. The first kappa shape index (κ1) is 11.9. The monoisotopic (exact) mass is 253 g/mol. The molecule has 2 N–H and O–H groups in total. The standard InChI is InChI=1S/C11H11NO4S/c1-16-10(14)7-4-2-3-6(5-7)9-12-8(13)11(15)17-9/h2-5,9,11,15H,1H3,(H,12,13). The lowest BCUT2D eigenvalue weighted by atomic mass is 10.1. The van der Waals surface area contributed by atoms with Gasteiger partial charge in [0.05, 0.1) is 12.7 Å². The normalized spacial score (nSPS) is 23.3. The van der Waals surface area contributed by atoms with Crippen molar-refractivity contribution in [3.63, 3.8) is 0 Å². The summed E-state index contributed by atoms with van der Waals surface area (Å²) >= 11 is 1.10. The molecule has 1 aromatic carbocycles. The van der Waals surface area contributed by atoms with Crippen molar-refractivity contribution < 1.29 is 19.4 Å². The molecule has 2 atom stereocenters. The highest BCUT2D eigenvalue weighted by atomic mass is 32.2. The molecular formula is C11H11NO4S. The predicted molar refractivity (Wildman–Crippen MR) is 62.3 cm³/mol. The summed E-state index contributed by atoms with van der Waals surface area (Å²) in [7, 11) is 1.31. The molecule has 5 nitrogen and oxygen atoms in total. The molecule has 1 fully saturated rings. The molecule has 1 aromatic rings. The minimum absolute atomic E-state index is 0.331. The Bertz CT molecular complexity index is 463. The molecule has 1 amide bonds. The number of benzene rings is 1. The van der Waals surface area contributed by atoms with Crippen LogP contribution in [0.5, 0.6) is 0 Å². The van der Waals surface area contributed by atoms with E-state index in [9.17, 15) is 14.7 Å². The Morgan fingerprint density at radius 1 is 1.53 bits per heavy atom. The van der Waals surface area contributed by atoms with Gasteiger partial charge in [0, 0.05) is 0 Å². The van der Waals surface area contributed by atoms with E-state index in [4.69, 9.17) is 0 Å². The molecule has 0 spiro atoms. The number of amides is 1. The average Bonchev–Trinajstić information content (AvgIpc) is 2.69. The van der Waals surface area contributed by atoms with Gasteiger partial charge in [-0.2, -0.15) is 0 Å². The molecule has 0 aliphatic carbocycles. The fraction of sp³-hybridized carbons (Fsp3) is 0.273. The topological polar surface area (TPSA) is 75.6 Å². The summed E-state index contributed by atoms with van der Waals surface area (Å²) in [5.74, 6) is -0.842. The lowest BCUT2D eigenvalue weighted by Crippen LogP contribution is -2.23. The second kappa shape index (κ2) is 4.77. The number of hydrogen-bond donors (Lipinski definition) is 2. The molecule has 17 heavy (non-hydrogen) atoms. The maximum atomic E-state index is 11.3. The van der Waals surface area contributed by atoms with E-state index in [1.165, 1.54) is 7.11 Å². The first-order valence-corrected chi connectivity index (χ1v) is 5.88. The summed E-state index contributed by atoms with van der Waals surface area (Å²) in [6.07, 6.45) is 0. The second-order valence-electron chi connectivity index (χ2n) is 3.49. The molecule has 1 aliphatic rings. The second-order valence-corrected chi connectivity index (χ2v) is 4.68. The number of carbonyl (C=O) groups is 2. The maximum Gasteiger partial charge on any atom is 0.337 e. The van der Waals surface area contributed by atoms with Crippen LogP contribution in [-0.2, 0) is 9.53 Å². The number of aliphatic hydroxyl groups is 1. The highest BCUT2D eigenvalue weighted by Crippen LogP contribution is 2.34. The van der Waals surface area contributed by atoms with Gasteiger partial charge in [-0.15, -0.1) is 0 Å². The van der Waals surface area contributed by atoms with Gasteiger partial charge in [0.2, 0.25) is 0 Å². The van der Waals surface area contributed by atoms with E-state index >= 15 is 0 Å². The van der Waals surface area contributed by atoms with Gasteiger partial charge in [-0.05, 0) is 17.7 Å². The van der Waals surface area contributed by atoms with E-state index in [0.29, 0.717) is 5.56 Å². The van der Waals surface area contributed by atoms with Crippen molar-refractivity contribution in [3.8, 4) is 0 Å². The van der Waals surface area contributed by atoms with Gasteiger partial charge < -0.3 is 15.2 Å². The van der Waals surface area contributed by atoms with E-state index in [2.05, 4.69) is 10.1 Å². The van der Waals surface area contributed by atoms with E-state index in [0.717, 1.165) is 17.3 Å². The largest absolute Gasteiger partial charge is 0.465 e. The highest BCUT2D eigenvalue weighted by Gasteiger charge is 2.32. The van der Waals surface area contributed by atoms with E-state index in [1.54, 1.807) is 24.3 Å². The number of methoxy groups -OCH3 is 1. The van der Waals surface area contributed by atoms with Gasteiger partial charge in [-0.3, -0.25) is 4.79 Å². The van der Waals surface area contributed by atoms with Crippen LogP contribution in [0.4, 0.5) is 0 Å². The zero-order chi connectivity index (χ0) is 12.4. The van der Waals surface area contributed by atoms with Crippen molar-refractivity contribution in [1.29, 1.82) is 0 Å². The van der Waals surface area contributed by atoms with Crippen LogP contribution < -0.4 is 5.32 Å². The number of aliphatic hydroxyl groups excluding tert-OH is 1. The Hall–Kier alpha value is -1.53. The van der Waals surface area contributed by atoms with Crippen molar-refractivity contribution in [3.05, 3.63) is 35.4 Å². The van der Waals surface area contributed by atoms with Crippen molar-refractivity contribution in [2.75, 3.05) is 7.11 Å². The van der Waals surface area contributed by atoms with Crippen molar-refractivity contribution in [2.45, 2.75) is 10.8 Å². The van der Waals surface area contributed by atoms with Gasteiger partial charge in [0.25, 0.3) is 5.91 Å². The predicted octanol–water partition coefficient (Wildman–Crippen LogP) is 0.653. The van der Waals surface area contributed by atoms with Gasteiger partial charge >= 0.3 is 5.97 Å². The van der Waals surface area contributed by atoms with Crippen LogP contribution in [0, 0.1) is 0 Å².